The van der Waals surface area contributed by atoms with Crippen LogP contribution in [-0.4, -0.2) is 26.4 Å². The minimum Gasteiger partial charge on any atom is -0.359 e. The first-order chi connectivity index (χ1) is 4.70. The van der Waals surface area contributed by atoms with Crippen LogP contribution in [0.3, 0.4) is 0 Å². The van der Waals surface area contributed by atoms with Crippen LogP contribution < -0.4 is 5.73 Å². The third-order valence-electron chi connectivity index (χ3n) is 0.741. The number of hydrogen-bond donors (Lipinski definition) is 1. The molecular formula is C6H9NO3. The third-order valence-corrected chi connectivity index (χ3v) is 0.741. The van der Waals surface area contributed by atoms with Crippen LogP contribution in [0.2, 0.25) is 0 Å². The highest BCUT2D eigenvalue weighted by molar-refractivity contribution is 5.91. The summed E-state index contributed by atoms with van der Waals surface area (Å²) < 4.78 is 9.29. The maximum atomic E-state index is 10.1. The quantitative estimate of drug-likeness (QED) is 0.402. The van der Waals surface area contributed by atoms with Gasteiger partial charge in [-0.3, -0.25) is 4.79 Å². The van der Waals surface area contributed by atoms with Gasteiger partial charge in [0.1, 0.15) is 0 Å². The molecule has 4 heteroatoms. The van der Waals surface area contributed by atoms with E-state index in [4.69, 9.17) is 5.73 Å². The molecule has 0 aromatic rings. The van der Waals surface area contributed by atoms with Gasteiger partial charge in [-0.25, -0.2) is 0 Å². The Bertz CT molecular complexity index is 164. The Labute approximate surface area is 59.3 Å². The van der Waals surface area contributed by atoms with Crippen molar-refractivity contribution < 1.29 is 14.3 Å². The zero-order valence-corrected chi connectivity index (χ0v) is 5.88. The van der Waals surface area contributed by atoms with Crippen molar-refractivity contribution in [2.24, 2.45) is 5.73 Å². The van der Waals surface area contributed by atoms with Crippen molar-refractivity contribution in [2.45, 2.75) is 6.29 Å². The number of amides is 1. The van der Waals surface area contributed by atoms with E-state index in [1.54, 1.807) is 0 Å². The molecule has 0 bridgehead atoms. The highest BCUT2D eigenvalue weighted by atomic mass is 16.7. The molecule has 56 valence electrons. The van der Waals surface area contributed by atoms with Crippen LogP contribution in [0.5, 0.6) is 0 Å². The summed E-state index contributed by atoms with van der Waals surface area (Å²) in [6, 6.07) is 0. The molecule has 2 N–H and O–H groups in total. The molecule has 0 spiro atoms. The molecule has 0 fully saturated rings. The lowest BCUT2D eigenvalue weighted by Crippen LogP contribution is -2.12. The Kier molecular flexibility index (Phi) is 4.29. The van der Waals surface area contributed by atoms with E-state index in [-0.39, 0.29) is 0 Å². The van der Waals surface area contributed by atoms with Crippen LogP contribution in [0.4, 0.5) is 0 Å². The number of hydrogen-bond acceptors (Lipinski definition) is 3. The fourth-order valence-electron chi connectivity index (χ4n) is 0.344. The fourth-order valence-corrected chi connectivity index (χ4v) is 0.344. The molecule has 0 aromatic carbocycles. The molecule has 0 aliphatic rings. The molecule has 0 radical (unpaired) electrons. The fraction of sp³-hybridized carbons (Fsp3) is 0.500. The molecule has 0 heterocycles. The minimum absolute atomic E-state index is 0.674. The number of nitrogens with two attached hydrogens (primary N) is 1. The van der Waals surface area contributed by atoms with Crippen LogP contribution in [0.15, 0.2) is 0 Å². The molecule has 0 unspecified atom stereocenters. The monoisotopic (exact) mass is 143 g/mol. The molecule has 0 saturated heterocycles. The highest BCUT2D eigenvalue weighted by Crippen LogP contribution is 1.85. The Morgan fingerprint density at radius 2 is 2.00 bits per heavy atom. The van der Waals surface area contributed by atoms with Gasteiger partial charge in [-0.1, -0.05) is 0 Å². The van der Waals surface area contributed by atoms with Gasteiger partial charge in [-0.15, -0.1) is 0 Å². The number of primary amides is 1. The second-order valence-corrected chi connectivity index (χ2v) is 1.44. The number of ether oxygens (including phenoxy) is 2. The van der Waals surface area contributed by atoms with Crippen LogP contribution >= 0.6 is 0 Å². The summed E-state index contributed by atoms with van der Waals surface area (Å²) in [6.07, 6.45) is -0.674. The second kappa shape index (κ2) is 4.79. The van der Waals surface area contributed by atoms with Gasteiger partial charge < -0.3 is 15.2 Å². The lowest BCUT2D eigenvalue weighted by atomic mass is 10.5. The number of carbonyl (C=O) groups excluding carboxylic acids is 1. The first-order valence-electron chi connectivity index (χ1n) is 2.57. The van der Waals surface area contributed by atoms with E-state index < -0.39 is 12.2 Å². The van der Waals surface area contributed by atoms with Crippen molar-refractivity contribution in [2.75, 3.05) is 14.2 Å². The molecule has 0 aromatic heterocycles. The van der Waals surface area contributed by atoms with Crippen LogP contribution in [0.1, 0.15) is 0 Å². The summed E-state index contributed by atoms with van der Waals surface area (Å²) in [5.74, 6) is 3.74. The van der Waals surface area contributed by atoms with Crippen LogP contribution in [0, 0.1) is 11.8 Å². The van der Waals surface area contributed by atoms with Crippen molar-refractivity contribution in [3.05, 3.63) is 0 Å². The largest absolute Gasteiger partial charge is 0.359 e. The molecule has 1 amide bonds. The second-order valence-electron chi connectivity index (χ2n) is 1.44. The molecule has 0 atom stereocenters. The zero-order chi connectivity index (χ0) is 7.98. The van der Waals surface area contributed by atoms with Gasteiger partial charge in [-0.05, 0) is 11.8 Å². The Morgan fingerprint density at radius 1 is 1.50 bits per heavy atom. The van der Waals surface area contributed by atoms with Crippen LogP contribution in [-0.2, 0) is 14.3 Å². The maximum Gasteiger partial charge on any atom is 0.293 e. The van der Waals surface area contributed by atoms with Crippen molar-refractivity contribution in [1.82, 2.24) is 0 Å². The summed E-state index contributed by atoms with van der Waals surface area (Å²) in [5.41, 5.74) is 4.73. The van der Waals surface area contributed by atoms with E-state index in [2.05, 4.69) is 21.3 Å². The van der Waals surface area contributed by atoms with E-state index in [1.807, 2.05) is 0 Å². The summed E-state index contributed by atoms with van der Waals surface area (Å²) in [4.78, 5) is 10.1. The minimum atomic E-state index is -0.695. The van der Waals surface area contributed by atoms with Crippen molar-refractivity contribution in [3.63, 3.8) is 0 Å². The Hall–Kier alpha value is -1.05. The lowest BCUT2D eigenvalue weighted by molar-refractivity contribution is -0.113. The lowest BCUT2D eigenvalue weighted by Gasteiger charge is -2.02. The molecule has 10 heavy (non-hydrogen) atoms. The predicted molar refractivity (Wildman–Crippen MR) is 34.8 cm³/mol. The summed E-state index contributed by atoms with van der Waals surface area (Å²) >= 11 is 0. The predicted octanol–water partition coefficient (Wildman–Crippen LogP) is -0.906. The SMILES string of the molecule is COC(C#CC(N)=O)OC. The van der Waals surface area contributed by atoms with Crippen molar-refractivity contribution in [1.29, 1.82) is 0 Å². The smallest absolute Gasteiger partial charge is 0.293 e. The molecule has 0 rings (SSSR count). The van der Waals surface area contributed by atoms with Crippen LogP contribution in [0.25, 0.3) is 0 Å². The number of methoxy groups -OCH3 is 2. The van der Waals surface area contributed by atoms with Gasteiger partial charge in [0.05, 0.1) is 0 Å². The molecule has 0 aliphatic heterocycles. The van der Waals surface area contributed by atoms with Gasteiger partial charge in [0.25, 0.3) is 5.91 Å². The molecule has 0 aliphatic carbocycles. The van der Waals surface area contributed by atoms with E-state index in [0.29, 0.717) is 0 Å². The number of carbonyl (C=O) groups is 1. The molecule has 4 nitrogen and oxygen atoms in total. The maximum absolute atomic E-state index is 10.1. The van der Waals surface area contributed by atoms with Gasteiger partial charge in [0, 0.05) is 14.2 Å². The van der Waals surface area contributed by atoms with Crippen molar-refractivity contribution >= 4 is 5.91 Å². The Morgan fingerprint density at radius 3 is 2.30 bits per heavy atom. The van der Waals surface area contributed by atoms with Gasteiger partial charge in [0.2, 0.25) is 6.29 Å². The van der Waals surface area contributed by atoms with Crippen molar-refractivity contribution in [3.8, 4) is 11.8 Å². The Balaban J connectivity index is 3.86. The van der Waals surface area contributed by atoms with Gasteiger partial charge in [0.15, 0.2) is 0 Å². The van der Waals surface area contributed by atoms with Gasteiger partial charge in [-0.2, -0.15) is 0 Å². The molecular weight excluding hydrogens is 134 g/mol. The first kappa shape index (κ1) is 8.95. The summed E-state index contributed by atoms with van der Waals surface area (Å²) in [5, 5.41) is 0. The normalized spacial score (nSPS) is 8.70. The number of rotatable bonds is 2. The van der Waals surface area contributed by atoms with E-state index >= 15 is 0 Å². The summed E-state index contributed by atoms with van der Waals surface area (Å²) in [7, 11) is 2.84. The van der Waals surface area contributed by atoms with E-state index in [0.717, 1.165) is 0 Å². The topological polar surface area (TPSA) is 61.5 Å². The summed E-state index contributed by atoms with van der Waals surface area (Å²) in [6.45, 7) is 0. The third kappa shape index (κ3) is 3.89. The highest BCUT2D eigenvalue weighted by Gasteiger charge is 1.96. The van der Waals surface area contributed by atoms with Gasteiger partial charge >= 0.3 is 0 Å². The average molecular weight is 143 g/mol. The zero-order valence-electron chi connectivity index (χ0n) is 5.88. The van der Waals surface area contributed by atoms with E-state index in [9.17, 15) is 4.79 Å². The van der Waals surface area contributed by atoms with E-state index in [1.165, 1.54) is 14.2 Å². The average Bonchev–Trinajstić information content (AvgIpc) is 1.90. The first-order valence-corrected chi connectivity index (χ1v) is 2.57. The standard InChI is InChI=1S/C6H9NO3/c1-9-6(10-2)4-3-5(7)8/h6H,1-2H3,(H2,7,8). The molecule has 0 saturated carbocycles.